The van der Waals surface area contributed by atoms with Gasteiger partial charge in [0.1, 0.15) is 5.82 Å². The lowest BCUT2D eigenvalue weighted by Crippen LogP contribution is -2.41. The van der Waals surface area contributed by atoms with Gasteiger partial charge in [0.05, 0.1) is 11.1 Å². The first-order chi connectivity index (χ1) is 15.4. The summed E-state index contributed by atoms with van der Waals surface area (Å²) in [6, 6.07) is 10.8. The summed E-state index contributed by atoms with van der Waals surface area (Å²) in [6.07, 6.45) is 3.41. The number of anilines is 1. The van der Waals surface area contributed by atoms with Crippen molar-refractivity contribution in [3.63, 3.8) is 0 Å². The molecule has 1 saturated heterocycles. The van der Waals surface area contributed by atoms with Crippen molar-refractivity contribution in [2.45, 2.75) is 25.8 Å². The van der Waals surface area contributed by atoms with Gasteiger partial charge < -0.3 is 19.9 Å². The maximum absolute atomic E-state index is 13.5. The van der Waals surface area contributed by atoms with E-state index in [1.54, 1.807) is 17.2 Å². The largest absolute Gasteiger partial charge is 0.381 e. The Morgan fingerprint density at radius 3 is 2.69 bits per heavy atom. The number of nitrogens with one attached hydrogen (secondary N) is 2. The fraction of sp³-hybridized carbons (Fsp3) is 0.333. The molecule has 0 saturated carbocycles. The summed E-state index contributed by atoms with van der Waals surface area (Å²) in [5, 5.41) is 4.17. The first kappa shape index (κ1) is 22.3. The van der Waals surface area contributed by atoms with E-state index < -0.39 is 5.82 Å². The van der Waals surface area contributed by atoms with Gasteiger partial charge in [-0.2, -0.15) is 0 Å². The number of hydrogen-bond donors (Lipinski definition) is 2. The third kappa shape index (κ3) is 4.79. The highest BCUT2D eigenvalue weighted by molar-refractivity contribution is 6.31. The topological polar surface area (TPSA) is 74.4 Å². The van der Waals surface area contributed by atoms with Crippen molar-refractivity contribution in [3.8, 4) is 0 Å². The van der Waals surface area contributed by atoms with Gasteiger partial charge in [0.15, 0.2) is 0 Å². The summed E-state index contributed by atoms with van der Waals surface area (Å²) in [6.45, 7) is 3.81. The number of amides is 2. The second-order valence-electron chi connectivity index (χ2n) is 8.06. The van der Waals surface area contributed by atoms with Crippen molar-refractivity contribution in [2.24, 2.45) is 5.92 Å². The summed E-state index contributed by atoms with van der Waals surface area (Å²) in [5.74, 6) is -0.250. The van der Waals surface area contributed by atoms with Crippen LogP contribution in [0.4, 0.5) is 14.9 Å². The Kier molecular flexibility index (Phi) is 6.77. The Bertz CT molecular complexity index is 1180. The molecule has 1 atom stereocenters. The zero-order valence-corrected chi connectivity index (χ0v) is 18.5. The van der Waals surface area contributed by atoms with Gasteiger partial charge in [0, 0.05) is 37.0 Å². The highest BCUT2D eigenvalue weighted by Crippen LogP contribution is 2.29. The molecule has 2 heterocycles. The molecule has 2 N–H and O–H groups in total. The van der Waals surface area contributed by atoms with Crippen molar-refractivity contribution in [2.75, 3.05) is 25.1 Å². The first-order valence-corrected chi connectivity index (χ1v) is 11.0. The van der Waals surface area contributed by atoms with Crippen LogP contribution in [0.2, 0.25) is 5.02 Å². The smallest absolute Gasteiger partial charge is 0.322 e. The van der Waals surface area contributed by atoms with E-state index in [9.17, 15) is 14.0 Å². The molecule has 1 aliphatic rings. The van der Waals surface area contributed by atoms with Crippen LogP contribution in [0.5, 0.6) is 0 Å². The van der Waals surface area contributed by atoms with E-state index in [2.05, 4.69) is 10.3 Å². The predicted octanol–water partition coefficient (Wildman–Crippen LogP) is 5.34. The van der Waals surface area contributed by atoms with Crippen molar-refractivity contribution in [1.82, 2.24) is 9.88 Å². The molecule has 6 nitrogen and oxygen atoms in total. The van der Waals surface area contributed by atoms with Gasteiger partial charge in [-0.1, -0.05) is 29.8 Å². The number of benzene rings is 2. The number of carbonyl (C=O) groups is 1. The van der Waals surface area contributed by atoms with E-state index in [1.165, 1.54) is 18.2 Å². The van der Waals surface area contributed by atoms with Crippen molar-refractivity contribution >= 4 is 34.1 Å². The van der Waals surface area contributed by atoms with Crippen LogP contribution in [0.15, 0.2) is 53.5 Å². The average Bonchev–Trinajstić information content (AvgIpc) is 2.80. The van der Waals surface area contributed by atoms with Crippen LogP contribution in [0.25, 0.3) is 10.8 Å². The molecular formula is C24H25ClFN3O3. The fourth-order valence-electron chi connectivity index (χ4n) is 4.14. The number of rotatable bonds is 5. The van der Waals surface area contributed by atoms with Gasteiger partial charge in [-0.15, -0.1) is 0 Å². The highest BCUT2D eigenvalue weighted by atomic mass is 35.5. The van der Waals surface area contributed by atoms with Gasteiger partial charge >= 0.3 is 6.03 Å². The van der Waals surface area contributed by atoms with E-state index in [1.807, 2.05) is 25.1 Å². The molecule has 32 heavy (non-hydrogen) atoms. The molecule has 1 fully saturated rings. The molecule has 8 heteroatoms. The Hall–Kier alpha value is -2.90. The highest BCUT2D eigenvalue weighted by Gasteiger charge is 2.27. The Balaban J connectivity index is 1.67. The number of nitrogens with zero attached hydrogens (tertiary/aromatic N) is 1. The quantitative estimate of drug-likeness (QED) is 0.543. The number of hydrogen-bond acceptors (Lipinski definition) is 3. The molecule has 1 aliphatic heterocycles. The maximum Gasteiger partial charge on any atom is 0.322 e. The number of carbonyl (C=O) groups excluding carboxylic acids is 1. The van der Waals surface area contributed by atoms with Gasteiger partial charge in [-0.25, -0.2) is 9.18 Å². The maximum atomic E-state index is 13.5. The minimum atomic E-state index is -0.545. The number of aromatic amines is 1. The summed E-state index contributed by atoms with van der Waals surface area (Å²) in [4.78, 5) is 30.2. The molecule has 0 spiro atoms. The summed E-state index contributed by atoms with van der Waals surface area (Å²) in [7, 11) is 0. The third-order valence-corrected chi connectivity index (χ3v) is 6.28. The molecule has 3 aromatic rings. The molecule has 2 amide bonds. The molecule has 0 aliphatic carbocycles. The fourth-order valence-corrected chi connectivity index (χ4v) is 4.32. The average molecular weight is 458 g/mol. The molecule has 4 rings (SSSR count). The first-order valence-electron chi connectivity index (χ1n) is 10.6. The molecule has 1 aromatic heterocycles. The Labute approximate surface area is 190 Å². The zero-order chi connectivity index (χ0) is 22.7. The van der Waals surface area contributed by atoms with Crippen LogP contribution < -0.4 is 10.9 Å². The van der Waals surface area contributed by atoms with Crippen LogP contribution in [-0.2, 0) is 4.74 Å². The Morgan fingerprint density at radius 2 is 1.97 bits per heavy atom. The van der Waals surface area contributed by atoms with Crippen LogP contribution in [0.1, 0.15) is 31.4 Å². The molecule has 0 bridgehead atoms. The third-order valence-electron chi connectivity index (χ3n) is 5.99. The van der Waals surface area contributed by atoms with Gasteiger partial charge in [0.2, 0.25) is 0 Å². The second kappa shape index (κ2) is 9.71. The van der Waals surface area contributed by atoms with Gasteiger partial charge in [-0.3, -0.25) is 4.79 Å². The second-order valence-corrected chi connectivity index (χ2v) is 8.47. The zero-order valence-electron chi connectivity index (χ0n) is 17.7. The number of fused-ring (bicyclic) bond motifs is 1. The normalized spacial score (nSPS) is 15.5. The lowest BCUT2D eigenvalue weighted by molar-refractivity contribution is 0.0534. The molecule has 0 radical (unpaired) electrons. The number of H-pyrrole nitrogens is 1. The Morgan fingerprint density at radius 1 is 1.25 bits per heavy atom. The minimum Gasteiger partial charge on any atom is -0.381 e. The van der Waals surface area contributed by atoms with Crippen molar-refractivity contribution in [3.05, 3.63) is 75.4 Å². The van der Waals surface area contributed by atoms with Crippen LogP contribution in [0, 0.1) is 11.7 Å². The number of aromatic nitrogens is 1. The molecule has 1 unspecified atom stereocenters. The summed E-state index contributed by atoms with van der Waals surface area (Å²) >= 11 is 5.88. The van der Waals surface area contributed by atoms with E-state index in [-0.39, 0.29) is 22.7 Å². The lowest BCUT2D eigenvalue weighted by atomic mass is 9.97. The van der Waals surface area contributed by atoms with Crippen LogP contribution in [-0.4, -0.2) is 35.7 Å². The van der Waals surface area contributed by atoms with Crippen molar-refractivity contribution < 1.29 is 13.9 Å². The van der Waals surface area contributed by atoms with Crippen molar-refractivity contribution in [1.29, 1.82) is 0 Å². The molecule has 2 aromatic carbocycles. The van der Waals surface area contributed by atoms with E-state index in [4.69, 9.17) is 16.3 Å². The monoisotopic (exact) mass is 457 g/mol. The predicted molar refractivity (Wildman–Crippen MR) is 124 cm³/mol. The van der Waals surface area contributed by atoms with E-state index in [0.717, 1.165) is 23.8 Å². The van der Waals surface area contributed by atoms with E-state index in [0.29, 0.717) is 36.8 Å². The lowest BCUT2D eigenvalue weighted by Gasteiger charge is -2.34. The minimum absolute atomic E-state index is 0.0570. The number of halogens is 2. The van der Waals surface area contributed by atoms with Crippen LogP contribution >= 0.6 is 11.6 Å². The summed E-state index contributed by atoms with van der Waals surface area (Å²) in [5.41, 5.74) is 1.09. The number of urea groups is 1. The van der Waals surface area contributed by atoms with Crippen LogP contribution in [0.3, 0.4) is 0 Å². The summed E-state index contributed by atoms with van der Waals surface area (Å²) < 4.78 is 19.0. The van der Waals surface area contributed by atoms with Gasteiger partial charge in [-0.05, 0) is 60.9 Å². The molecular weight excluding hydrogens is 433 g/mol. The standard InChI is InChI=1S/C24H25ClFN3O3/c1-15(20-13-27-23(30)19-5-3-2-4-18(19)20)29(14-16-8-10-32-11-9-16)24(31)28-17-6-7-22(26)21(25)12-17/h2-7,12-13,15-16H,8-11,14H2,1H3,(H,27,30)(H,28,31). The SMILES string of the molecule is CC(c1c[nH]c(=O)c2ccccc12)N(CC1CCOCC1)C(=O)Nc1ccc(F)c(Cl)c1. The van der Waals surface area contributed by atoms with Gasteiger partial charge in [0.25, 0.3) is 5.56 Å². The van der Waals surface area contributed by atoms with E-state index >= 15 is 0 Å². The number of pyridine rings is 1. The number of ether oxygens (including phenoxy) is 1. The molecule has 168 valence electrons.